The molecular formula is C23H25N3O5. The molecule has 3 aromatic carbocycles. The first kappa shape index (κ1) is 22.0. The molecule has 3 aromatic rings. The number of carbonyl (C=O) groups is 1. The second-order valence-corrected chi connectivity index (χ2v) is 7.24. The average molecular weight is 423 g/mol. The molecule has 8 nitrogen and oxygen atoms in total. The number of rotatable bonds is 8. The number of nitro groups is 1. The molecular weight excluding hydrogens is 398 g/mol. The SMILES string of the molecule is COc1cc(C(=O)NC[C@@H](c2cccc3ccccc23)N(C)C)c([N+](=O)[O-])cc1OC. The van der Waals surface area contributed by atoms with Crippen molar-refractivity contribution in [2.75, 3.05) is 34.9 Å². The zero-order valence-corrected chi connectivity index (χ0v) is 17.9. The van der Waals surface area contributed by atoms with E-state index in [-0.39, 0.29) is 35.3 Å². The first-order chi connectivity index (χ1) is 14.9. The molecule has 0 aromatic heterocycles. The van der Waals surface area contributed by atoms with Gasteiger partial charge in [0.1, 0.15) is 5.56 Å². The van der Waals surface area contributed by atoms with Gasteiger partial charge in [0.15, 0.2) is 11.5 Å². The molecule has 0 unspecified atom stereocenters. The van der Waals surface area contributed by atoms with Gasteiger partial charge in [0.25, 0.3) is 11.6 Å². The molecule has 0 radical (unpaired) electrons. The summed E-state index contributed by atoms with van der Waals surface area (Å²) in [5.74, 6) is -0.121. The highest BCUT2D eigenvalue weighted by Crippen LogP contribution is 2.34. The van der Waals surface area contributed by atoms with Gasteiger partial charge >= 0.3 is 0 Å². The van der Waals surface area contributed by atoms with E-state index in [4.69, 9.17) is 9.47 Å². The molecule has 0 fully saturated rings. The number of amides is 1. The maximum absolute atomic E-state index is 12.9. The van der Waals surface area contributed by atoms with E-state index < -0.39 is 10.8 Å². The van der Waals surface area contributed by atoms with Crippen molar-refractivity contribution in [3.8, 4) is 11.5 Å². The lowest BCUT2D eigenvalue weighted by molar-refractivity contribution is -0.385. The first-order valence-corrected chi connectivity index (χ1v) is 9.70. The number of methoxy groups -OCH3 is 2. The van der Waals surface area contributed by atoms with Crippen molar-refractivity contribution in [1.29, 1.82) is 0 Å². The van der Waals surface area contributed by atoms with Crippen LogP contribution in [-0.4, -0.2) is 50.6 Å². The van der Waals surface area contributed by atoms with E-state index in [2.05, 4.69) is 5.32 Å². The van der Waals surface area contributed by atoms with Crippen LogP contribution in [0.25, 0.3) is 10.8 Å². The molecule has 0 saturated heterocycles. The predicted octanol–water partition coefficient (Wildman–Crippen LogP) is 3.80. The lowest BCUT2D eigenvalue weighted by Gasteiger charge is -2.26. The minimum atomic E-state index is -0.606. The molecule has 1 N–H and O–H groups in total. The number of benzene rings is 3. The summed E-state index contributed by atoms with van der Waals surface area (Å²) in [6.07, 6.45) is 0. The Hall–Kier alpha value is -3.65. The van der Waals surface area contributed by atoms with Crippen molar-refractivity contribution >= 4 is 22.4 Å². The Morgan fingerprint density at radius 1 is 1.06 bits per heavy atom. The Kier molecular flexibility index (Phi) is 6.71. The van der Waals surface area contributed by atoms with E-state index >= 15 is 0 Å². The zero-order valence-electron chi connectivity index (χ0n) is 17.9. The highest BCUT2D eigenvalue weighted by molar-refractivity contribution is 5.99. The maximum atomic E-state index is 12.9. The number of likely N-dealkylation sites (N-methyl/N-ethyl adjacent to an activating group) is 1. The molecule has 0 aliphatic rings. The van der Waals surface area contributed by atoms with Gasteiger partial charge in [0, 0.05) is 12.6 Å². The largest absolute Gasteiger partial charge is 0.493 e. The van der Waals surface area contributed by atoms with E-state index in [0.717, 1.165) is 16.3 Å². The molecule has 31 heavy (non-hydrogen) atoms. The van der Waals surface area contributed by atoms with Gasteiger partial charge in [0.05, 0.1) is 31.3 Å². The number of nitrogens with zero attached hydrogens (tertiary/aromatic N) is 2. The topological polar surface area (TPSA) is 93.9 Å². The van der Waals surface area contributed by atoms with Crippen molar-refractivity contribution in [1.82, 2.24) is 10.2 Å². The molecule has 1 amide bonds. The normalized spacial score (nSPS) is 11.9. The van der Waals surface area contributed by atoms with Crippen LogP contribution in [0.4, 0.5) is 5.69 Å². The van der Waals surface area contributed by atoms with E-state index in [1.165, 1.54) is 26.4 Å². The summed E-state index contributed by atoms with van der Waals surface area (Å²) < 4.78 is 10.3. The molecule has 8 heteroatoms. The third-order valence-electron chi connectivity index (χ3n) is 5.20. The standard InChI is InChI=1S/C23H25N3O5/c1-25(2)20(17-11-7-9-15-8-5-6-10-16(15)17)14-24-23(27)18-12-21(30-3)22(31-4)13-19(18)26(28)29/h5-13,20H,14H2,1-4H3,(H,24,27)/t20-/m0/s1. The van der Waals surface area contributed by atoms with Gasteiger partial charge < -0.3 is 19.7 Å². The van der Waals surface area contributed by atoms with Crippen LogP contribution in [0.1, 0.15) is 22.0 Å². The fourth-order valence-electron chi connectivity index (χ4n) is 3.60. The molecule has 0 heterocycles. The summed E-state index contributed by atoms with van der Waals surface area (Å²) in [7, 11) is 6.65. The Morgan fingerprint density at radius 3 is 2.35 bits per heavy atom. The molecule has 3 rings (SSSR count). The number of nitro benzene ring substituents is 1. The van der Waals surface area contributed by atoms with Gasteiger partial charge in [0.2, 0.25) is 0 Å². The van der Waals surface area contributed by atoms with Crippen molar-refractivity contribution in [2.45, 2.75) is 6.04 Å². The summed E-state index contributed by atoms with van der Waals surface area (Å²) in [4.78, 5) is 25.9. The van der Waals surface area contributed by atoms with Crippen molar-refractivity contribution in [3.63, 3.8) is 0 Å². The molecule has 0 saturated carbocycles. The Labute approximate surface area is 180 Å². The van der Waals surface area contributed by atoms with Crippen LogP contribution in [0.2, 0.25) is 0 Å². The van der Waals surface area contributed by atoms with Crippen LogP contribution in [-0.2, 0) is 0 Å². The molecule has 0 aliphatic heterocycles. The van der Waals surface area contributed by atoms with Crippen molar-refractivity contribution < 1.29 is 19.2 Å². The summed E-state index contributed by atoms with van der Waals surface area (Å²) in [5, 5.41) is 16.6. The number of fused-ring (bicyclic) bond motifs is 1. The highest BCUT2D eigenvalue weighted by atomic mass is 16.6. The van der Waals surface area contributed by atoms with Gasteiger partial charge in [-0.2, -0.15) is 0 Å². The maximum Gasteiger partial charge on any atom is 0.286 e. The summed E-state index contributed by atoms with van der Waals surface area (Å²) in [6.45, 7) is 0.269. The minimum absolute atomic E-state index is 0.0851. The van der Waals surface area contributed by atoms with Crippen LogP contribution in [0, 0.1) is 10.1 Å². The summed E-state index contributed by atoms with van der Waals surface area (Å²) >= 11 is 0. The third-order valence-corrected chi connectivity index (χ3v) is 5.20. The molecule has 0 spiro atoms. The smallest absolute Gasteiger partial charge is 0.286 e. The zero-order chi connectivity index (χ0) is 22.5. The van der Waals surface area contributed by atoms with Crippen LogP contribution < -0.4 is 14.8 Å². The van der Waals surface area contributed by atoms with Crippen LogP contribution in [0.3, 0.4) is 0 Å². The second kappa shape index (κ2) is 9.44. The Balaban J connectivity index is 1.91. The number of nitrogens with one attached hydrogen (secondary N) is 1. The average Bonchev–Trinajstić information content (AvgIpc) is 2.77. The number of hydrogen-bond acceptors (Lipinski definition) is 6. The Morgan fingerprint density at radius 2 is 1.71 bits per heavy atom. The number of hydrogen-bond donors (Lipinski definition) is 1. The lowest BCUT2D eigenvalue weighted by atomic mass is 9.98. The number of carbonyl (C=O) groups excluding carboxylic acids is 1. The van der Waals surface area contributed by atoms with Crippen molar-refractivity contribution in [2.24, 2.45) is 0 Å². The third kappa shape index (κ3) is 4.59. The van der Waals surface area contributed by atoms with Gasteiger partial charge in [-0.3, -0.25) is 14.9 Å². The van der Waals surface area contributed by atoms with E-state index in [9.17, 15) is 14.9 Å². The van der Waals surface area contributed by atoms with Gasteiger partial charge in [-0.15, -0.1) is 0 Å². The van der Waals surface area contributed by atoms with Gasteiger partial charge in [-0.25, -0.2) is 0 Å². The molecule has 0 bridgehead atoms. The molecule has 0 aliphatic carbocycles. The lowest BCUT2D eigenvalue weighted by Crippen LogP contribution is -2.35. The second-order valence-electron chi connectivity index (χ2n) is 7.24. The minimum Gasteiger partial charge on any atom is -0.493 e. The quantitative estimate of drug-likeness (QED) is 0.438. The van der Waals surface area contributed by atoms with E-state index in [1.54, 1.807) is 0 Å². The van der Waals surface area contributed by atoms with Crippen LogP contribution >= 0.6 is 0 Å². The number of ether oxygens (including phenoxy) is 2. The van der Waals surface area contributed by atoms with Crippen LogP contribution in [0.5, 0.6) is 11.5 Å². The summed E-state index contributed by atoms with van der Waals surface area (Å²) in [5.41, 5.74) is 0.630. The van der Waals surface area contributed by atoms with E-state index in [1.807, 2.05) is 61.5 Å². The summed E-state index contributed by atoms with van der Waals surface area (Å²) in [6, 6.07) is 16.5. The Bertz CT molecular complexity index is 1110. The van der Waals surface area contributed by atoms with Gasteiger partial charge in [-0.05, 0) is 30.4 Å². The predicted molar refractivity (Wildman–Crippen MR) is 119 cm³/mol. The first-order valence-electron chi connectivity index (χ1n) is 9.70. The monoisotopic (exact) mass is 423 g/mol. The fraction of sp³-hybridized carbons (Fsp3) is 0.261. The van der Waals surface area contributed by atoms with Crippen LogP contribution in [0.15, 0.2) is 54.6 Å². The van der Waals surface area contributed by atoms with Crippen molar-refractivity contribution in [3.05, 3.63) is 75.8 Å². The molecule has 162 valence electrons. The van der Waals surface area contributed by atoms with E-state index in [0.29, 0.717) is 0 Å². The molecule has 1 atom stereocenters. The highest BCUT2D eigenvalue weighted by Gasteiger charge is 2.26. The fourth-order valence-corrected chi connectivity index (χ4v) is 3.60. The van der Waals surface area contributed by atoms with Gasteiger partial charge in [-0.1, -0.05) is 42.5 Å².